The highest BCUT2D eigenvalue weighted by Gasteiger charge is 2.26. The predicted molar refractivity (Wildman–Crippen MR) is 136 cm³/mol. The van der Waals surface area contributed by atoms with Crippen molar-refractivity contribution in [2.45, 2.75) is 53.6 Å². The SMILES string of the molecule is CCCC(/C=C1\C(=O)Nc2ccc(C)cc21)=C(/C)C(C(=O)NCC(OC)C(=O)N(C)C)=C(C)C. The van der Waals surface area contributed by atoms with Gasteiger partial charge in [-0.25, -0.2) is 0 Å². The van der Waals surface area contributed by atoms with E-state index in [4.69, 9.17) is 4.74 Å². The van der Waals surface area contributed by atoms with E-state index in [1.807, 2.05) is 52.0 Å². The van der Waals surface area contributed by atoms with Gasteiger partial charge in [0.05, 0.1) is 6.54 Å². The van der Waals surface area contributed by atoms with Crippen molar-refractivity contribution in [2.24, 2.45) is 0 Å². The second kappa shape index (κ2) is 11.8. The largest absolute Gasteiger partial charge is 0.370 e. The summed E-state index contributed by atoms with van der Waals surface area (Å²) >= 11 is 0. The molecule has 2 N–H and O–H groups in total. The van der Waals surface area contributed by atoms with E-state index in [1.54, 1.807) is 14.1 Å². The van der Waals surface area contributed by atoms with Crippen LogP contribution in [0.25, 0.3) is 5.57 Å². The molecule has 7 nitrogen and oxygen atoms in total. The van der Waals surface area contributed by atoms with Crippen molar-refractivity contribution in [2.75, 3.05) is 33.1 Å². The summed E-state index contributed by atoms with van der Waals surface area (Å²) in [5.74, 6) is -0.632. The molecule has 0 aliphatic carbocycles. The van der Waals surface area contributed by atoms with Crippen molar-refractivity contribution >= 4 is 29.0 Å². The number of allylic oxidation sites excluding steroid dienone is 3. The minimum atomic E-state index is -0.763. The molecular weight excluding hydrogens is 430 g/mol. The third-order valence-corrected chi connectivity index (χ3v) is 5.83. The molecule has 1 atom stereocenters. The number of anilines is 1. The van der Waals surface area contributed by atoms with Crippen LogP contribution in [-0.2, 0) is 19.1 Å². The van der Waals surface area contributed by atoms with Gasteiger partial charge in [-0.05, 0) is 63.5 Å². The number of fused-ring (bicyclic) bond motifs is 1. The Morgan fingerprint density at radius 3 is 2.44 bits per heavy atom. The van der Waals surface area contributed by atoms with Crippen LogP contribution < -0.4 is 10.6 Å². The molecule has 0 fully saturated rings. The number of ether oxygens (including phenoxy) is 1. The third kappa shape index (κ3) is 6.23. The number of amides is 3. The van der Waals surface area contributed by atoms with E-state index in [-0.39, 0.29) is 24.3 Å². The second-order valence-corrected chi connectivity index (χ2v) is 9.00. The maximum Gasteiger partial charge on any atom is 0.256 e. The summed E-state index contributed by atoms with van der Waals surface area (Å²) in [7, 11) is 4.74. The zero-order chi connectivity index (χ0) is 25.6. The molecule has 1 aromatic rings. The lowest BCUT2D eigenvalue weighted by Crippen LogP contribution is -2.43. The first-order valence-corrected chi connectivity index (χ1v) is 11.6. The van der Waals surface area contributed by atoms with Crippen LogP contribution in [0.15, 0.2) is 46.6 Å². The number of hydrogen-bond donors (Lipinski definition) is 2. The summed E-state index contributed by atoms with van der Waals surface area (Å²) in [6, 6.07) is 5.88. The van der Waals surface area contributed by atoms with Crippen LogP contribution in [-0.4, -0.2) is 56.5 Å². The van der Waals surface area contributed by atoms with Gasteiger partial charge in [-0.3, -0.25) is 14.4 Å². The molecule has 34 heavy (non-hydrogen) atoms. The van der Waals surface area contributed by atoms with Gasteiger partial charge in [0.25, 0.3) is 17.7 Å². The molecule has 0 aromatic heterocycles. The van der Waals surface area contributed by atoms with E-state index in [0.29, 0.717) is 17.6 Å². The van der Waals surface area contributed by atoms with Gasteiger partial charge < -0.3 is 20.3 Å². The number of nitrogens with zero attached hydrogens (tertiary/aromatic N) is 1. The average Bonchev–Trinajstić information content (AvgIpc) is 3.07. The van der Waals surface area contributed by atoms with Gasteiger partial charge in [-0.2, -0.15) is 0 Å². The van der Waals surface area contributed by atoms with E-state index in [2.05, 4.69) is 17.6 Å². The summed E-state index contributed by atoms with van der Waals surface area (Å²) < 4.78 is 5.27. The lowest BCUT2D eigenvalue weighted by Gasteiger charge is -2.21. The smallest absolute Gasteiger partial charge is 0.256 e. The second-order valence-electron chi connectivity index (χ2n) is 9.00. The topological polar surface area (TPSA) is 87.7 Å². The molecule has 0 radical (unpaired) electrons. The van der Waals surface area contributed by atoms with Crippen LogP contribution in [0.5, 0.6) is 0 Å². The van der Waals surface area contributed by atoms with E-state index in [9.17, 15) is 14.4 Å². The Hall–Kier alpha value is -3.19. The first-order chi connectivity index (χ1) is 16.0. The summed E-state index contributed by atoms with van der Waals surface area (Å²) in [6.45, 7) is 9.80. The van der Waals surface area contributed by atoms with Crippen LogP contribution in [0.2, 0.25) is 0 Å². The fraction of sp³-hybridized carbons (Fsp3) is 0.444. The molecule has 0 saturated heterocycles. The van der Waals surface area contributed by atoms with Gasteiger partial charge in [0.1, 0.15) is 0 Å². The fourth-order valence-electron chi connectivity index (χ4n) is 4.02. The predicted octanol–water partition coefficient (Wildman–Crippen LogP) is 4.00. The Balaban J connectivity index is 2.43. The molecule has 184 valence electrons. The molecule has 0 bridgehead atoms. The molecule has 0 spiro atoms. The monoisotopic (exact) mass is 467 g/mol. The Labute approximate surface area is 202 Å². The molecule has 1 aliphatic heterocycles. The van der Waals surface area contributed by atoms with E-state index in [0.717, 1.165) is 40.0 Å². The van der Waals surface area contributed by atoms with Crippen LogP contribution in [0.3, 0.4) is 0 Å². The van der Waals surface area contributed by atoms with Crippen LogP contribution in [0, 0.1) is 6.92 Å². The van der Waals surface area contributed by atoms with E-state index in [1.165, 1.54) is 12.0 Å². The van der Waals surface area contributed by atoms with Gasteiger partial charge in [-0.15, -0.1) is 0 Å². The Morgan fingerprint density at radius 1 is 1.21 bits per heavy atom. The van der Waals surface area contributed by atoms with Crippen molar-refractivity contribution in [3.63, 3.8) is 0 Å². The first-order valence-electron chi connectivity index (χ1n) is 11.6. The summed E-state index contributed by atoms with van der Waals surface area (Å²) in [5, 5.41) is 5.77. The minimum absolute atomic E-state index is 0.0651. The first kappa shape index (κ1) is 27.1. The summed E-state index contributed by atoms with van der Waals surface area (Å²) in [4.78, 5) is 39.6. The highest BCUT2D eigenvalue weighted by Crippen LogP contribution is 2.35. The van der Waals surface area contributed by atoms with Gasteiger partial charge in [-0.1, -0.05) is 30.5 Å². The van der Waals surface area contributed by atoms with Crippen molar-refractivity contribution in [3.8, 4) is 0 Å². The standard InChI is InChI=1S/C27H37N3O4/c1-9-10-19(14-21-20-13-17(4)11-12-22(20)29-25(21)31)18(5)24(16(2)3)26(32)28-15-23(34-8)27(33)30(6)7/h11-14,23H,9-10,15H2,1-8H3,(H,28,32)(H,29,31)/b19-18+,21-14-. The lowest BCUT2D eigenvalue weighted by molar-refractivity contribution is -0.139. The normalized spacial score (nSPS) is 15.3. The molecule has 0 saturated carbocycles. The molecule has 2 rings (SSSR count). The van der Waals surface area contributed by atoms with Crippen LogP contribution >= 0.6 is 0 Å². The summed E-state index contributed by atoms with van der Waals surface area (Å²) in [5.41, 5.74) is 6.49. The summed E-state index contributed by atoms with van der Waals surface area (Å²) in [6.07, 6.45) is 2.72. The zero-order valence-corrected chi connectivity index (χ0v) is 21.6. The number of methoxy groups -OCH3 is 1. The third-order valence-electron chi connectivity index (χ3n) is 5.83. The maximum atomic E-state index is 13.2. The van der Waals surface area contributed by atoms with Crippen LogP contribution in [0.1, 0.15) is 51.7 Å². The molecule has 1 aromatic carbocycles. The molecule has 1 unspecified atom stereocenters. The molecule has 7 heteroatoms. The molecule has 1 aliphatic rings. The molecule has 3 amide bonds. The maximum absolute atomic E-state index is 13.2. The fourth-order valence-corrected chi connectivity index (χ4v) is 4.02. The van der Waals surface area contributed by atoms with E-state index >= 15 is 0 Å². The molecular formula is C27H37N3O4. The number of carbonyl (C=O) groups is 3. The average molecular weight is 468 g/mol. The number of rotatable bonds is 9. The zero-order valence-electron chi connectivity index (χ0n) is 21.6. The van der Waals surface area contributed by atoms with Crippen molar-refractivity contribution in [1.29, 1.82) is 0 Å². The van der Waals surface area contributed by atoms with Gasteiger partial charge >= 0.3 is 0 Å². The number of hydrogen-bond acceptors (Lipinski definition) is 4. The van der Waals surface area contributed by atoms with Gasteiger partial charge in [0.15, 0.2) is 6.10 Å². The highest BCUT2D eigenvalue weighted by molar-refractivity contribution is 6.32. The number of carbonyl (C=O) groups excluding carboxylic acids is 3. The van der Waals surface area contributed by atoms with Crippen molar-refractivity contribution in [1.82, 2.24) is 10.2 Å². The van der Waals surface area contributed by atoms with Gasteiger partial charge in [0, 0.05) is 43.6 Å². The highest BCUT2D eigenvalue weighted by atomic mass is 16.5. The Kier molecular flexibility index (Phi) is 9.38. The number of benzene rings is 1. The number of likely N-dealkylation sites (N-methyl/N-ethyl adjacent to an activating group) is 1. The number of nitrogens with one attached hydrogen (secondary N) is 2. The number of aryl methyl sites for hydroxylation is 1. The quantitative estimate of drug-likeness (QED) is 0.424. The Bertz CT molecular complexity index is 1060. The van der Waals surface area contributed by atoms with Crippen LogP contribution in [0.4, 0.5) is 5.69 Å². The minimum Gasteiger partial charge on any atom is -0.370 e. The van der Waals surface area contributed by atoms with Crippen molar-refractivity contribution < 1.29 is 19.1 Å². The van der Waals surface area contributed by atoms with Gasteiger partial charge in [0.2, 0.25) is 0 Å². The lowest BCUT2D eigenvalue weighted by atomic mass is 9.92. The van der Waals surface area contributed by atoms with E-state index < -0.39 is 6.10 Å². The molecule has 1 heterocycles. The van der Waals surface area contributed by atoms with Crippen molar-refractivity contribution in [3.05, 3.63) is 57.7 Å². The Morgan fingerprint density at radius 2 is 1.88 bits per heavy atom.